The maximum Gasteiger partial charge on any atom is 0.0737 e. The molecule has 5 heterocycles. The highest BCUT2D eigenvalue weighted by atomic mass is 15.0. The highest BCUT2D eigenvalue weighted by molar-refractivity contribution is 6.12. The molecular weight excluding hydrogens is 935 g/mol. The Morgan fingerprint density at radius 2 is 0.701 bits per heavy atom. The lowest BCUT2D eigenvalue weighted by Gasteiger charge is -2.21. The fraction of sp³-hybridized carbons (Fsp3) is 0.0417. The highest BCUT2D eigenvalue weighted by Gasteiger charge is 2.26. The summed E-state index contributed by atoms with van der Waals surface area (Å²) >= 11 is 0. The van der Waals surface area contributed by atoms with Crippen molar-refractivity contribution in [3.05, 3.63) is 266 Å². The van der Waals surface area contributed by atoms with Gasteiger partial charge in [0, 0.05) is 65.9 Å². The third kappa shape index (κ3) is 6.63. The van der Waals surface area contributed by atoms with Crippen LogP contribution in [0.1, 0.15) is 18.2 Å². The summed E-state index contributed by atoms with van der Waals surface area (Å²) in [7, 11) is 0. The summed E-state index contributed by atoms with van der Waals surface area (Å²) in [6.07, 6.45) is 5.70. The van der Waals surface area contributed by atoms with Gasteiger partial charge in [-0.3, -0.25) is 0 Å². The zero-order valence-corrected chi connectivity index (χ0v) is 42.3. The Bertz CT molecular complexity index is 4760. The Balaban J connectivity index is 1.03. The first-order valence-corrected chi connectivity index (χ1v) is 26.8. The highest BCUT2D eigenvalue weighted by Crippen LogP contribution is 2.44. The SMILES string of the molecule is CC1C=Cc2c(c3ccccc3n2-c2ccc(-n3c4ccccc4c4ccccc43)cc2-c2cc(-c3ccccc3)cc(-c3cc(-n4c5ccccc5c5ccccc54)ccc3-n3c4ccccc4c4ccccc43)n2)C1. The molecule has 16 rings (SSSR count). The van der Waals surface area contributed by atoms with Crippen LogP contribution in [0.4, 0.5) is 0 Å². The van der Waals surface area contributed by atoms with Crippen LogP contribution in [0.25, 0.3) is 139 Å². The van der Waals surface area contributed by atoms with Gasteiger partial charge < -0.3 is 18.3 Å². The van der Waals surface area contributed by atoms with Gasteiger partial charge in [-0.2, -0.15) is 0 Å². The molecule has 10 aromatic carbocycles. The number of benzene rings is 10. The normalized spacial score (nSPS) is 13.5. The van der Waals surface area contributed by atoms with Gasteiger partial charge in [0.1, 0.15) is 0 Å². The van der Waals surface area contributed by atoms with Crippen LogP contribution < -0.4 is 0 Å². The van der Waals surface area contributed by atoms with E-state index in [1.807, 2.05) is 0 Å². The van der Waals surface area contributed by atoms with Crippen LogP contribution >= 0.6 is 0 Å². The van der Waals surface area contributed by atoms with Crippen molar-refractivity contribution in [2.24, 2.45) is 5.92 Å². The van der Waals surface area contributed by atoms with Gasteiger partial charge in [0.25, 0.3) is 0 Å². The molecule has 15 aromatic rings. The van der Waals surface area contributed by atoms with Crippen LogP contribution in [-0.2, 0) is 6.42 Å². The van der Waals surface area contributed by atoms with Crippen molar-refractivity contribution in [3.8, 4) is 56.4 Å². The molecule has 0 amide bonds. The van der Waals surface area contributed by atoms with Gasteiger partial charge >= 0.3 is 0 Å². The maximum absolute atomic E-state index is 6.04. The Morgan fingerprint density at radius 1 is 0.338 bits per heavy atom. The number of para-hydroxylation sites is 7. The van der Waals surface area contributed by atoms with Gasteiger partial charge in [-0.05, 0) is 126 Å². The van der Waals surface area contributed by atoms with Gasteiger partial charge in [0.2, 0.25) is 0 Å². The molecule has 0 aliphatic heterocycles. The summed E-state index contributed by atoms with van der Waals surface area (Å²) in [5, 5.41) is 8.62. The summed E-state index contributed by atoms with van der Waals surface area (Å²) in [6.45, 7) is 2.32. The average molecular weight is 984 g/mol. The smallest absolute Gasteiger partial charge is 0.0737 e. The zero-order chi connectivity index (χ0) is 50.7. The zero-order valence-electron chi connectivity index (χ0n) is 42.3. The number of fused-ring (bicyclic) bond motifs is 12. The van der Waals surface area contributed by atoms with Crippen LogP contribution in [-0.4, -0.2) is 23.3 Å². The van der Waals surface area contributed by atoms with Crippen molar-refractivity contribution in [1.82, 2.24) is 23.3 Å². The van der Waals surface area contributed by atoms with Crippen LogP contribution in [0, 0.1) is 5.92 Å². The first-order valence-electron chi connectivity index (χ1n) is 26.8. The second-order valence-electron chi connectivity index (χ2n) is 20.8. The number of aromatic nitrogens is 5. The van der Waals surface area contributed by atoms with Crippen molar-refractivity contribution in [3.63, 3.8) is 0 Å². The predicted molar refractivity (Wildman–Crippen MR) is 322 cm³/mol. The van der Waals surface area contributed by atoms with Crippen molar-refractivity contribution < 1.29 is 0 Å². The standard InChI is InChI=1S/C72H49N5/c1-46-35-38-70-58(41-46)57-27-11-18-34-69(57)77(70)72-40-37-50(75-65-30-14-7-23-53(65)54-24-8-15-31-66(54)75)45-60(72)62-43-48(47-19-3-2-4-20-47)42-61(73-62)59-44-49(74-63-28-12-5-21-51(63)52-22-6-13-29-64(52)74)36-39-71(59)76-67-32-16-9-25-55(67)56-26-10-17-33-68(56)76/h2-40,42-46H,41H2,1H3. The summed E-state index contributed by atoms with van der Waals surface area (Å²) in [4.78, 5) is 6.04. The number of hydrogen-bond donors (Lipinski definition) is 0. The molecule has 362 valence electrons. The first-order chi connectivity index (χ1) is 38.1. The molecule has 0 saturated heterocycles. The van der Waals surface area contributed by atoms with E-state index in [1.54, 1.807) is 0 Å². The largest absolute Gasteiger partial charge is 0.309 e. The fourth-order valence-corrected chi connectivity index (χ4v) is 12.9. The van der Waals surface area contributed by atoms with E-state index in [0.29, 0.717) is 5.92 Å². The second kappa shape index (κ2) is 17.0. The second-order valence-corrected chi connectivity index (χ2v) is 20.8. The van der Waals surface area contributed by atoms with E-state index in [0.717, 1.165) is 95.9 Å². The van der Waals surface area contributed by atoms with E-state index < -0.39 is 0 Å². The molecular formula is C72H49N5. The van der Waals surface area contributed by atoms with Gasteiger partial charge in [-0.25, -0.2) is 4.98 Å². The van der Waals surface area contributed by atoms with Gasteiger partial charge in [0.15, 0.2) is 0 Å². The van der Waals surface area contributed by atoms with Crippen LogP contribution in [0.2, 0.25) is 0 Å². The van der Waals surface area contributed by atoms with Crippen molar-refractivity contribution in [2.75, 3.05) is 0 Å². The average Bonchev–Trinajstić information content (AvgIpc) is 4.22. The van der Waals surface area contributed by atoms with Crippen molar-refractivity contribution in [1.29, 1.82) is 0 Å². The maximum atomic E-state index is 6.04. The number of hydrogen-bond acceptors (Lipinski definition) is 1. The Morgan fingerprint density at radius 3 is 1.14 bits per heavy atom. The summed E-state index contributed by atoms with van der Waals surface area (Å²) in [5.74, 6) is 0.438. The van der Waals surface area contributed by atoms with E-state index in [9.17, 15) is 0 Å². The van der Waals surface area contributed by atoms with E-state index >= 15 is 0 Å². The van der Waals surface area contributed by atoms with Crippen molar-refractivity contribution in [2.45, 2.75) is 13.3 Å². The molecule has 77 heavy (non-hydrogen) atoms. The van der Waals surface area contributed by atoms with Gasteiger partial charge in [-0.1, -0.05) is 171 Å². The quantitative estimate of drug-likeness (QED) is 0.157. The fourth-order valence-electron chi connectivity index (χ4n) is 12.9. The third-order valence-corrected chi connectivity index (χ3v) is 16.3. The molecule has 5 aromatic heterocycles. The topological polar surface area (TPSA) is 32.6 Å². The third-order valence-electron chi connectivity index (χ3n) is 16.3. The van der Waals surface area contributed by atoms with Crippen LogP contribution in [0.15, 0.2) is 255 Å². The molecule has 1 aliphatic rings. The number of pyridine rings is 1. The first kappa shape index (κ1) is 43.4. The molecule has 0 N–H and O–H groups in total. The minimum Gasteiger partial charge on any atom is -0.309 e. The molecule has 1 aliphatic carbocycles. The van der Waals surface area contributed by atoms with E-state index in [1.165, 1.54) is 54.5 Å². The molecule has 0 fully saturated rings. The molecule has 1 atom stereocenters. The molecule has 5 heteroatoms. The molecule has 0 bridgehead atoms. The number of rotatable bonds is 7. The lowest BCUT2D eigenvalue weighted by Crippen LogP contribution is -2.07. The summed E-state index contributed by atoms with van der Waals surface area (Å²) in [6, 6.07) is 91.2. The van der Waals surface area contributed by atoms with E-state index in [-0.39, 0.29) is 0 Å². The van der Waals surface area contributed by atoms with E-state index in [2.05, 4.69) is 286 Å². The van der Waals surface area contributed by atoms with Crippen molar-refractivity contribution >= 4 is 82.4 Å². The Hall–Kier alpha value is -9.97. The minimum absolute atomic E-state index is 0.438. The molecule has 1 unspecified atom stereocenters. The summed E-state index contributed by atoms with van der Waals surface area (Å²) in [5.41, 5.74) is 21.0. The predicted octanol–water partition coefficient (Wildman–Crippen LogP) is 18.5. The lowest BCUT2D eigenvalue weighted by molar-refractivity contribution is 0.718. The van der Waals surface area contributed by atoms with Crippen LogP contribution in [0.5, 0.6) is 0 Å². The monoisotopic (exact) mass is 983 g/mol. The minimum atomic E-state index is 0.438. The van der Waals surface area contributed by atoms with Crippen LogP contribution in [0.3, 0.4) is 0 Å². The Labute approximate surface area is 445 Å². The molecule has 0 radical (unpaired) electrons. The molecule has 0 spiro atoms. The van der Waals surface area contributed by atoms with Gasteiger partial charge in [-0.15, -0.1) is 0 Å². The lowest BCUT2D eigenvalue weighted by atomic mass is 9.93. The number of allylic oxidation sites excluding steroid dienone is 1. The number of nitrogens with zero attached hydrogens (tertiary/aromatic N) is 5. The summed E-state index contributed by atoms with van der Waals surface area (Å²) < 4.78 is 9.81. The van der Waals surface area contributed by atoms with Gasteiger partial charge in [0.05, 0.1) is 61.4 Å². The van der Waals surface area contributed by atoms with E-state index in [4.69, 9.17) is 4.98 Å². The Kier molecular flexibility index (Phi) is 9.61. The molecule has 0 saturated carbocycles. The molecule has 5 nitrogen and oxygen atoms in total.